The van der Waals surface area contributed by atoms with Crippen LogP contribution in [0, 0.1) is 0 Å². The Morgan fingerprint density at radius 1 is 1.04 bits per heavy atom. The number of hydrogen-bond donors (Lipinski definition) is 3. The van der Waals surface area contributed by atoms with Gasteiger partial charge in [0.05, 0.1) is 6.04 Å². The Morgan fingerprint density at radius 3 is 2.32 bits per heavy atom. The summed E-state index contributed by atoms with van der Waals surface area (Å²) in [5.41, 5.74) is 6.66. The summed E-state index contributed by atoms with van der Waals surface area (Å²) in [6.45, 7) is 0.781. The molecule has 0 bridgehead atoms. The number of halogens is 2. The van der Waals surface area contributed by atoms with Gasteiger partial charge in [-0.2, -0.15) is 0 Å². The van der Waals surface area contributed by atoms with Crippen molar-refractivity contribution in [3.63, 3.8) is 0 Å². The number of amides is 1. The van der Waals surface area contributed by atoms with Crippen molar-refractivity contribution in [2.24, 2.45) is 5.73 Å². The largest absolute Gasteiger partial charge is 0.457 e. The molecule has 0 aromatic heterocycles. The summed E-state index contributed by atoms with van der Waals surface area (Å²) >= 11 is 0. The van der Waals surface area contributed by atoms with Gasteiger partial charge in [0.2, 0.25) is 5.91 Å². The molecule has 4 N–H and O–H groups in total. The molecule has 5 nitrogen and oxygen atoms in total. The van der Waals surface area contributed by atoms with E-state index in [1.54, 1.807) is 0 Å². The second-order valence-electron chi connectivity index (χ2n) is 5.72. The van der Waals surface area contributed by atoms with Gasteiger partial charge in [-0.3, -0.25) is 4.79 Å². The third kappa shape index (κ3) is 6.21. The minimum Gasteiger partial charge on any atom is -0.457 e. The van der Waals surface area contributed by atoms with Crippen molar-refractivity contribution in [2.75, 3.05) is 11.9 Å². The maximum atomic E-state index is 12.2. The lowest BCUT2D eigenvalue weighted by Gasteiger charge is -2.27. The molecule has 25 heavy (non-hydrogen) atoms. The van der Waals surface area contributed by atoms with E-state index >= 15 is 0 Å². The molecule has 2 atom stereocenters. The van der Waals surface area contributed by atoms with Crippen LogP contribution in [-0.2, 0) is 4.79 Å². The van der Waals surface area contributed by atoms with E-state index in [0.29, 0.717) is 6.42 Å². The van der Waals surface area contributed by atoms with Crippen molar-refractivity contribution in [1.82, 2.24) is 5.32 Å². The summed E-state index contributed by atoms with van der Waals surface area (Å²) in [6.07, 6.45) is 1.58. The van der Waals surface area contributed by atoms with Crippen molar-refractivity contribution in [1.29, 1.82) is 0 Å². The summed E-state index contributed by atoms with van der Waals surface area (Å²) in [4.78, 5) is 12.2. The third-order valence-corrected chi connectivity index (χ3v) is 3.86. The van der Waals surface area contributed by atoms with Gasteiger partial charge in [-0.05, 0) is 55.8 Å². The molecule has 0 radical (unpaired) electrons. The van der Waals surface area contributed by atoms with Gasteiger partial charge in [-0.25, -0.2) is 0 Å². The number of rotatable bonds is 4. The second kappa shape index (κ2) is 10.3. The highest BCUT2D eigenvalue weighted by molar-refractivity contribution is 5.95. The number of ether oxygens (including phenoxy) is 1. The first-order chi connectivity index (χ1) is 11.2. The van der Waals surface area contributed by atoms with Crippen molar-refractivity contribution in [2.45, 2.75) is 24.9 Å². The topological polar surface area (TPSA) is 76.4 Å². The first-order valence-electron chi connectivity index (χ1n) is 7.83. The van der Waals surface area contributed by atoms with E-state index in [1.165, 1.54) is 0 Å². The molecule has 136 valence electrons. The quantitative estimate of drug-likeness (QED) is 0.756. The Kier molecular flexibility index (Phi) is 8.72. The molecule has 0 saturated carbocycles. The van der Waals surface area contributed by atoms with Gasteiger partial charge in [-0.1, -0.05) is 18.2 Å². The fraction of sp³-hybridized carbons (Fsp3) is 0.278. The highest BCUT2D eigenvalue weighted by Crippen LogP contribution is 2.22. The number of carbonyl (C=O) groups is 1. The van der Waals surface area contributed by atoms with Gasteiger partial charge in [0.1, 0.15) is 11.5 Å². The van der Waals surface area contributed by atoms with Crippen molar-refractivity contribution in [3.8, 4) is 11.5 Å². The standard InChI is InChI=1S/C18H21N3O2.2ClH/c19-13-10-11-20-17(12-13)18(22)21-14-6-8-16(9-7-14)23-15-4-2-1-3-5-15;;/h1-9,13,17,20H,10-12,19H2,(H,21,22);2*1H/t13-,17-;;/m1../s1. The smallest absolute Gasteiger partial charge is 0.241 e. The average Bonchev–Trinajstić information content (AvgIpc) is 2.57. The maximum absolute atomic E-state index is 12.2. The first-order valence-corrected chi connectivity index (χ1v) is 7.83. The highest BCUT2D eigenvalue weighted by atomic mass is 35.5. The zero-order valence-corrected chi connectivity index (χ0v) is 15.3. The molecule has 2 aromatic rings. The normalized spacial score (nSPS) is 19.1. The van der Waals surface area contributed by atoms with Crippen LogP contribution in [0.1, 0.15) is 12.8 Å². The molecule has 1 aliphatic rings. The minimum absolute atomic E-state index is 0. The molecule has 1 amide bonds. The van der Waals surface area contributed by atoms with Gasteiger partial charge in [0.15, 0.2) is 0 Å². The Labute approximate surface area is 160 Å². The first kappa shape index (κ1) is 21.3. The van der Waals surface area contributed by atoms with Gasteiger partial charge in [0, 0.05) is 11.7 Å². The van der Waals surface area contributed by atoms with Crippen LogP contribution in [-0.4, -0.2) is 24.5 Å². The van der Waals surface area contributed by atoms with Gasteiger partial charge >= 0.3 is 0 Å². The van der Waals surface area contributed by atoms with E-state index in [-0.39, 0.29) is 42.8 Å². The second-order valence-corrected chi connectivity index (χ2v) is 5.72. The summed E-state index contributed by atoms with van der Waals surface area (Å²) in [7, 11) is 0. The molecule has 0 aliphatic carbocycles. The van der Waals surface area contributed by atoms with Gasteiger partial charge in [0.25, 0.3) is 0 Å². The van der Waals surface area contributed by atoms with E-state index in [2.05, 4.69) is 10.6 Å². The lowest BCUT2D eigenvalue weighted by Crippen LogP contribution is -2.49. The summed E-state index contributed by atoms with van der Waals surface area (Å²) in [5.74, 6) is 1.47. The zero-order chi connectivity index (χ0) is 16.1. The molecule has 3 rings (SSSR count). The van der Waals surface area contributed by atoms with Crippen LogP contribution < -0.4 is 21.1 Å². The predicted molar refractivity (Wildman–Crippen MR) is 105 cm³/mol. The molecular weight excluding hydrogens is 361 g/mol. The molecule has 2 aromatic carbocycles. The molecule has 1 aliphatic heterocycles. The maximum Gasteiger partial charge on any atom is 0.241 e. The monoisotopic (exact) mass is 383 g/mol. The highest BCUT2D eigenvalue weighted by Gasteiger charge is 2.24. The number of hydrogen-bond acceptors (Lipinski definition) is 4. The number of nitrogens with two attached hydrogens (primary N) is 1. The van der Waals surface area contributed by atoms with E-state index < -0.39 is 0 Å². The van der Waals surface area contributed by atoms with Crippen LogP contribution >= 0.6 is 24.8 Å². The van der Waals surface area contributed by atoms with E-state index in [0.717, 1.165) is 30.2 Å². The Hall–Kier alpha value is -1.79. The fourth-order valence-corrected chi connectivity index (χ4v) is 2.61. The number of carbonyl (C=O) groups excluding carboxylic acids is 1. The molecule has 1 heterocycles. The molecule has 0 unspecified atom stereocenters. The van der Waals surface area contributed by atoms with Gasteiger partial charge < -0.3 is 21.1 Å². The summed E-state index contributed by atoms with van der Waals surface area (Å²) in [5, 5.41) is 6.11. The Balaban J connectivity index is 0.00000156. The molecular formula is C18H23Cl2N3O2. The molecule has 1 saturated heterocycles. The van der Waals surface area contributed by atoms with Crippen LogP contribution in [0.3, 0.4) is 0 Å². The number of benzene rings is 2. The number of nitrogens with one attached hydrogen (secondary N) is 2. The minimum atomic E-state index is -0.223. The van der Waals surface area contributed by atoms with E-state index in [4.69, 9.17) is 10.5 Å². The molecule has 7 heteroatoms. The Morgan fingerprint density at radius 2 is 1.68 bits per heavy atom. The lowest BCUT2D eigenvalue weighted by atomic mass is 10.00. The summed E-state index contributed by atoms with van der Waals surface area (Å²) < 4.78 is 5.73. The van der Waals surface area contributed by atoms with Crippen LogP contribution in [0.5, 0.6) is 11.5 Å². The van der Waals surface area contributed by atoms with Crippen LogP contribution in [0.15, 0.2) is 54.6 Å². The third-order valence-electron chi connectivity index (χ3n) is 3.86. The molecule has 0 spiro atoms. The van der Waals surface area contributed by atoms with E-state index in [9.17, 15) is 4.79 Å². The fourth-order valence-electron chi connectivity index (χ4n) is 2.61. The summed E-state index contributed by atoms with van der Waals surface area (Å²) in [6, 6.07) is 16.8. The number of piperidine rings is 1. The average molecular weight is 384 g/mol. The van der Waals surface area contributed by atoms with Crippen LogP contribution in [0.4, 0.5) is 5.69 Å². The van der Waals surface area contributed by atoms with Crippen molar-refractivity contribution < 1.29 is 9.53 Å². The number of para-hydroxylation sites is 1. The van der Waals surface area contributed by atoms with Crippen LogP contribution in [0.25, 0.3) is 0 Å². The number of anilines is 1. The predicted octanol–water partition coefficient (Wildman–Crippen LogP) is 3.34. The Bertz CT molecular complexity index is 653. The van der Waals surface area contributed by atoms with Crippen molar-refractivity contribution in [3.05, 3.63) is 54.6 Å². The van der Waals surface area contributed by atoms with Crippen molar-refractivity contribution >= 4 is 36.4 Å². The zero-order valence-electron chi connectivity index (χ0n) is 13.7. The van der Waals surface area contributed by atoms with Crippen LogP contribution in [0.2, 0.25) is 0 Å². The van der Waals surface area contributed by atoms with Gasteiger partial charge in [-0.15, -0.1) is 24.8 Å². The molecule has 1 fully saturated rings. The van der Waals surface area contributed by atoms with E-state index in [1.807, 2.05) is 54.6 Å². The SMILES string of the molecule is Cl.Cl.N[C@@H]1CCN[C@@H](C(=O)Nc2ccc(Oc3ccccc3)cc2)C1. The lowest BCUT2D eigenvalue weighted by molar-refractivity contribution is -0.118.